The highest BCUT2D eigenvalue weighted by molar-refractivity contribution is 7.80. The number of para-hydroxylation sites is 2. The number of unbranched alkanes of at least 4 members (excludes halogenated alkanes) is 2. The van der Waals surface area contributed by atoms with E-state index in [9.17, 15) is 0 Å². The van der Waals surface area contributed by atoms with Crippen molar-refractivity contribution in [3.8, 4) is 11.5 Å². The number of thiol groups is 1. The van der Waals surface area contributed by atoms with Crippen molar-refractivity contribution in [2.24, 2.45) is 0 Å². The molecule has 0 amide bonds. The van der Waals surface area contributed by atoms with Gasteiger partial charge in [0, 0.05) is 0 Å². The van der Waals surface area contributed by atoms with Gasteiger partial charge in [-0.15, -0.1) is 0 Å². The van der Waals surface area contributed by atoms with Crippen LogP contribution in [0.1, 0.15) is 32.6 Å². The van der Waals surface area contributed by atoms with Gasteiger partial charge < -0.3 is 9.47 Å². The van der Waals surface area contributed by atoms with Gasteiger partial charge in [-0.25, -0.2) is 0 Å². The van der Waals surface area contributed by atoms with Gasteiger partial charge in [0.2, 0.25) is 0 Å². The van der Waals surface area contributed by atoms with Gasteiger partial charge in [0.15, 0.2) is 11.5 Å². The van der Waals surface area contributed by atoms with E-state index in [0.29, 0.717) is 0 Å². The van der Waals surface area contributed by atoms with Crippen LogP contribution in [0.4, 0.5) is 0 Å². The van der Waals surface area contributed by atoms with Gasteiger partial charge in [0.1, 0.15) is 0 Å². The summed E-state index contributed by atoms with van der Waals surface area (Å²) in [5, 5.41) is 0. The zero-order chi connectivity index (χ0) is 12.3. The molecule has 0 aliphatic rings. The Morgan fingerprint density at radius 1 is 0.941 bits per heavy atom. The lowest BCUT2D eigenvalue weighted by Gasteiger charge is -2.11. The van der Waals surface area contributed by atoms with E-state index >= 15 is 0 Å². The molecule has 0 unspecified atom stereocenters. The second-order valence-corrected chi connectivity index (χ2v) is 4.38. The highest BCUT2D eigenvalue weighted by Crippen LogP contribution is 2.26. The molecule has 0 aliphatic carbocycles. The number of rotatable bonds is 9. The monoisotopic (exact) mass is 254 g/mol. The van der Waals surface area contributed by atoms with Crippen molar-refractivity contribution in [2.45, 2.75) is 32.6 Å². The highest BCUT2D eigenvalue weighted by Gasteiger charge is 2.03. The molecule has 0 N–H and O–H groups in total. The third-order valence-electron chi connectivity index (χ3n) is 2.37. The van der Waals surface area contributed by atoms with E-state index < -0.39 is 0 Å². The maximum absolute atomic E-state index is 5.73. The molecule has 0 aliphatic heterocycles. The fourth-order valence-electron chi connectivity index (χ4n) is 1.47. The van der Waals surface area contributed by atoms with Crippen LogP contribution in [0.5, 0.6) is 11.5 Å². The Bertz CT molecular complexity index is 302. The smallest absolute Gasteiger partial charge is 0.161 e. The Kier molecular flexibility index (Phi) is 7.72. The lowest BCUT2D eigenvalue weighted by atomic mass is 10.2. The summed E-state index contributed by atoms with van der Waals surface area (Å²) < 4.78 is 11.4. The van der Waals surface area contributed by atoms with Crippen LogP contribution in [0.3, 0.4) is 0 Å². The Hall–Kier alpha value is -0.830. The van der Waals surface area contributed by atoms with Crippen LogP contribution >= 0.6 is 12.6 Å². The van der Waals surface area contributed by atoms with Crippen molar-refractivity contribution < 1.29 is 9.47 Å². The molecule has 0 bridgehead atoms. The molecular weight excluding hydrogens is 232 g/mol. The molecule has 2 nitrogen and oxygen atoms in total. The predicted molar refractivity (Wildman–Crippen MR) is 75.4 cm³/mol. The largest absolute Gasteiger partial charge is 0.490 e. The van der Waals surface area contributed by atoms with Crippen LogP contribution in [-0.2, 0) is 0 Å². The molecule has 0 aromatic heterocycles. The van der Waals surface area contributed by atoms with Crippen LogP contribution in [0.25, 0.3) is 0 Å². The fourth-order valence-corrected chi connectivity index (χ4v) is 1.70. The number of ether oxygens (including phenoxy) is 2. The Morgan fingerprint density at radius 3 is 2.18 bits per heavy atom. The molecule has 0 radical (unpaired) electrons. The summed E-state index contributed by atoms with van der Waals surface area (Å²) in [5.74, 6) is 2.66. The minimum absolute atomic E-state index is 0.736. The Morgan fingerprint density at radius 2 is 1.59 bits per heavy atom. The standard InChI is InChI=1S/C14H22O2S/c1-2-10-15-13-8-4-5-9-14(13)16-11-6-3-7-12-17/h4-5,8-9,17H,2-3,6-7,10-12H2,1H3. The quantitative estimate of drug-likeness (QED) is 0.531. The lowest BCUT2D eigenvalue weighted by molar-refractivity contribution is 0.264. The molecule has 0 saturated heterocycles. The van der Waals surface area contributed by atoms with Crippen LogP contribution < -0.4 is 9.47 Å². The molecular formula is C14H22O2S. The van der Waals surface area contributed by atoms with Crippen LogP contribution in [0.15, 0.2) is 24.3 Å². The van der Waals surface area contributed by atoms with Gasteiger partial charge >= 0.3 is 0 Å². The fraction of sp³-hybridized carbons (Fsp3) is 0.571. The first-order valence-electron chi connectivity index (χ1n) is 6.34. The second kappa shape index (κ2) is 9.23. The summed E-state index contributed by atoms with van der Waals surface area (Å²) in [6.45, 7) is 3.58. The normalized spacial score (nSPS) is 10.2. The van der Waals surface area contributed by atoms with Crippen molar-refractivity contribution in [3.05, 3.63) is 24.3 Å². The van der Waals surface area contributed by atoms with Gasteiger partial charge in [-0.05, 0) is 43.6 Å². The molecule has 1 aromatic carbocycles. The van der Waals surface area contributed by atoms with E-state index in [4.69, 9.17) is 9.47 Å². The second-order valence-electron chi connectivity index (χ2n) is 3.93. The van der Waals surface area contributed by atoms with Crippen molar-refractivity contribution >= 4 is 12.6 Å². The Labute approximate surface area is 110 Å². The van der Waals surface area contributed by atoms with Gasteiger partial charge in [-0.1, -0.05) is 19.1 Å². The zero-order valence-electron chi connectivity index (χ0n) is 10.5. The summed E-state index contributed by atoms with van der Waals surface area (Å²) in [6, 6.07) is 7.86. The molecule has 1 aromatic rings. The molecule has 17 heavy (non-hydrogen) atoms. The summed E-state index contributed by atoms with van der Waals surface area (Å²) in [5.41, 5.74) is 0. The van der Waals surface area contributed by atoms with Crippen LogP contribution in [0, 0.1) is 0 Å². The van der Waals surface area contributed by atoms with Gasteiger partial charge in [-0.3, -0.25) is 0 Å². The SMILES string of the molecule is CCCOc1ccccc1OCCCCCS. The predicted octanol–water partition coefficient (Wildman–Crippen LogP) is 3.95. The molecule has 0 spiro atoms. The number of hydrogen-bond donors (Lipinski definition) is 1. The topological polar surface area (TPSA) is 18.5 Å². The minimum atomic E-state index is 0.736. The number of hydrogen-bond acceptors (Lipinski definition) is 3. The Balaban J connectivity index is 2.35. The highest BCUT2D eigenvalue weighted by atomic mass is 32.1. The molecule has 3 heteroatoms. The van der Waals surface area contributed by atoms with E-state index in [2.05, 4.69) is 19.6 Å². The maximum Gasteiger partial charge on any atom is 0.161 e. The number of benzene rings is 1. The van der Waals surface area contributed by atoms with Crippen LogP contribution in [0.2, 0.25) is 0 Å². The van der Waals surface area contributed by atoms with Crippen molar-refractivity contribution in [2.75, 3.05) is 19.0 Å². The summed E-state index contributed by atoms with van der Waals surface area (Å²) in [4.78, 5) is 0. The lowest BCUT2D eigenvalue weighted by Crippen LogP contribution is -2.01. The van der Waals surface area contributed by atoms with Crippen molar-refractivity contribution in [1.29, 1.82) is 0 Å². The van der Waals surface area contributed by atoms with E-state index in [1.807, 2.05) is 24.3 Å². The zero-order valence-corrected chi connectivity index (χ0v) is 11.4. The first-order chi connectivity index (χ1) is 8.38. The molecule has 0 fully saturated rings. The molecule has 0 saturated carbocycles. The first kappa shape index (κ1) is 14.2. The third-order valence-corrected chi connectivity index (χ3v) is 2.69. The van der Waals surface area contributed by atoms with Crippen molar-refractivity contribution in [1.82, 2.24) is 0 Å². The van der Waals surface area contributed by atoms with E-state index in [1.54, 1.807) is 0 Å². The van der Waals surface area contributed by atoms with Crippen LogP contribution in [-0.4, -0.2) is 19.0 Å². The summed E-state index contributed by atoms with van der Waals surface area (Å²) in [6.07, 6.45) is 4.40. The summed E-state index contributed by atoms with van der Waals surface area (Å²) >= 11 is 4.19. The first-order valence-corrected chi connectivity index (χ1v) is 6.97. The van der Waals surface area contributed by atoms with E-state index in [0.717, 1.165) is 49.7 Å². The summed E-state index contributed by atoms with van der Waals surface area (Å²) in [7, 11) is 0. The average Bonchev–Trinajstić information content (AvgIpc) is 2.37. The maximum atomic E-state index is 5.73. The third kappa shape index (κ3) is 5.87. The molecule has 0 heterocycles. The minimum Gasteiger partial charge on any atom is -0.490 e. The molecule has 1 rings (SSSR count). The van der Waals surface area contributed by atoms with E-state index in [1.165, 1.54) is 6.42 Å². The molecule has 0 atom stereocenters. The van der Waals surface area contributed by atoms with Gasteiger partial charge in [0.25, 0.3) is 0 Å². The van der Waals surface area contributed by atoms with Crippen molar-refractivity contribution in [3.63, 3.8) is 0 Å². The van der Waals surface area contributed by atoms with E-state index in [-0.39, 0.29) is 0 Å². The average molecular weight is 254 g/mol. The van der Waals surface area contributed by atoms with Gasteiger partial charge in [-0.2, -0.15) is 12.6 Å². The van der Waals surface area contributed by atoms with Gasteiger partial charge in [0.05, 0.1) is 13.2 Å². The molecule has 96 valence electrons.